The molecular weight excluding hydrogens is 308 g/mol. The molecule has 0 aliphatic heterocycles. The molecule has 2 heterocycles. The van der Waals surface area contributed by atoms with Crippen LogP contribution in [0.2, 0.25) is 0 Å². The standard InChI is InChI=1S/C18H28N2O2S/c1-3-5-11-19(12-6-4-2)23-20(15-17-9-7-13-21-17)16-18-10-8-14-22-18/h7-10,13-14H,3-6,11-12,15-16H2,1-2H3. The SMILES string of the molecule is CCCCN(CCCC)SN(Cc1ccco1)Cc1ccco1. The largest absolute Gasteiger partial charge is 0.468 e. The molecular formula is C18H28N2O2S. The van der Waals surface area contributed by atoms with Crippen LogP contribution in [0.15, 0.2) is 45.6 Å². The molecule has 0 atom stereocenters. The van der Waals surface area contributed by atoms with E-state index in [0.29, 0.717) is 0 Å². The van der Waals surface area contributed by atoms with Gasteiger partial charge in [0, 0.05) is 25.2 Å². The summed E-state index contributed by atoms with van der Waals surface area (Å²) in [6, 6.07) is 7.93. The molecule has 0 amide bonds. The highest BCUT2D eigenvalue weighted by atomic mass is 32.2. The lowest BCUT2D eigenvalue weighted by atomic mass is 10.3. The van der Waals surface area contributed by atoms with Gasteiger partial charge in [-0.1, -0.05) is 26.7 Å². The Hall–Kier alpha value is -1.17. The lowest BCUT2D eigenvalue weighted by Gasteiger charge is -2.27. The van der Waals surface area contributed by atoms with Gasteiger partial charge in [0.15, 0.2) is 0 Å². The fourth-order valence-electron chi connectivity index (χ4n) is 2.29. The van der Waals surface area contributed by atoms with Crippen LogP contribution in [-0.2, 0) is 13.1 Å². The van der Waals surface area contributed by atoms with E-state index in [-0.39, 0.29) is 0 Å². The van der Waals surface area contributed by atoms with Crippen molar-refractivity contribution in [2.45, 2.75) is 52.6 Å². The Balaban J connectivity index is 1.97. The molecule has 0 aromatic carbocycles. The highest BCUT2D eigenvalue weighted by molar-refractivity contribution is 7.94. The normalized spacial score (nSPS) is 11.7. The van der Waals surface area contributed by atoms with Gasteiger partial charge in [-0.15, -0.1) is 0 Å². The van der Waals surface area contributed by atoms with E-state index in [1.165, 1.54) is 25.7 Å². The summed E-state index contributed by atoms with van der Waals surface area (Å²) >= 11 is 1.81. The summed E-state index contributed by atoms with van der Waals surface area (Å²) in [5, 5.41) is 0. The lowest BCUT2D eigenvalue weighted by Crippen LogP contribution is -2.26. The van der Waals surface area contributed by atoms with Gasteiger partial charge in [-0.05, 0) is 37.1 Å². The highest BCUT2D eigenvalue weighted by Gasteiger charge is 2.16. The van der Waals surface area contributed by atoms with E-state index in [1.54, 1.807) is 12.5 Å². The first-order valence-electron chi connectivity index (χ1n) is 8.54. The number of hydrogen-bond acceptors (Lipinski definition) is 5. The molecule has 5 heteroatoms. The number of furan rings is 2. The molecule has 4 nitrogen and oxygen atoms in total. The molecule has 0 saturated carbocycles. The monoisotopic (exact) mass is 336 g/mol. The number of unbranched alkanes of at least 4 members (excludes halogenated alkanes) is 2. The predicted octanol–water partition coefficient (Wildman–Crippen LogP) is 5.34. The molecule has 23 heavy (non-hydrogen) atoms. The third-order valence-electron chi connectivity index (χ3n) is 3.58. The number of nitrogens with zero attached hydrogens (tertiary/aromatic N) is 2. The fourth-order valence-corrected chi connectivity index (χ4v) is 3.41. The lowest BCUT2D eigenvalue weighted by molar-refractivity contribution is 0.337. The first-order valence-corrected chi connectivity index (χ1v) is 9.27. The quantitative estimate of drug-likeness (QED) is 0.489. The van der Waals surface area contributed by atoms with Crippen LogP contribution in [0.25, 0.3) is 0 Å². The Labute approximate surface area is 144 Å². The smallest absolute Gasteiger partial charge is 0.118 e. The Morgan fingerprint density at radius 1 is 0.826 bits per heavy atom. The van der Waals surface area contributed by atoms with E-state index in [1.807, 2.05) is 36.4 Å². The second-order valence-electron chi connectivity index (χ2n) is 5.67. The average Bonchev–Trinajstić information content (AvgIpc) is 3.23. The van der Waals surface area contributed by atoms with E-state index in [9.17, 15) is 0 Å². The molecule has 2 rings (SSSR count). The van der Waals surface area contributed by atoms with E-state index in [2.05, 4.69) is 22.5 Å². The molecule has 0 aliphatic carbocycles. The van der Waals surface area contributed by atoms with Crippen molar-refractivity contribution in [2.24, 2.45) is 0 Å². The Kier molecular flexibility index (Phi) is 8.36. The Morgan fingerprint density at radius 2 is 1.35 bits per heavy atom. The van der Waals surface area contributed by atoms with Crippen molar-refractivity contribution >= 4 is 12.1 Å². The molecule has 0 aliphatic rings. The predicted molar refractivity (Wildman–Crippen MR) is 95.6 cm³/mol. The second kappa shape index (κ2) is 10.6. The van der Waals surface area contributed by atoms with Gasteiger partial charge in [-0.25, -0.2) is 8.61 Å². The van der Waals surface area contributed by atoms with Crippen molar-refractivity contribution in [2.75, 3.05) is 13.1 Å². The van der Waals surface area contributed by atoms with Crippen molar-refractivity contribution in [3.05, 3.63) is 48.3 Å². The van der Waals surface area contributed by atoms with Crippen LogP contribution in [0.5, 0.6) is 0 Å². The van der Waals surface area contributed by atoms with Crippen molar-refractivity contribution < 1.29 is 8.83 Å². The molecule has 0 N–H and O–H groups in total. The van der Waals surface area contributed by atoms with Crippen LogP contribution in [0.3, 0.4) is 0 Å². The molecule has 0 saturated heterocycles. The molecule has 0 unspecified atom stereocenters. The third kappa shape index (κ3) is 6.85. The maximum absolute atomic E-state index is 5.52. The summed E-state index contributed by atoms with van der Waals surface area (Å²) in [5.74, 6) is 1.96. The van der Waals surface area contributed by atoms with Gasteiger partial charge in [-0.2, -0.15) is 0 Å². The maximum atomic E-state index is 5.52. The molecule has 2 aromatic rings. The summed E-state index contributed by atoms with van der Waals surface area (Å²) in [5.41, 5.74) is 0. The third-order valence-corrected chi connectivity index (χ3v) is 4.66. The minimum atomic E-state index is 0.771. The van der Waals surface area contributed by atoms with Crippen molar-refractivity contribution in [3.8, 4) is 0 Å². The minimum Gasteiger partial charge on any atom is -0.468 e. The van der Waals surface area contributed by atoms with Gasteiger partial charge >= 0.3 is 0 Å². The Bertz CT molecular complexity index is 455. The van der Waals surface area contributed by atoms with Gasteiger partial charge in [-0.3, -0.25) is 0 Å². The summed E-state index contributed by atoms with van der Waals surface area (Å²) in [6.07, 6.45) is 8.37. The number of hydrogen-bond donors (Lipinski definition) is 0. The highest BCUT2D eigenvalue weighted by Crippen LogP contribution is 2.24. The minimum absolute atomic E-state index is 0.771. The van der Waals surface area contributed by atoms with Crippen LogP contribution in [0.4, 0.5) is 0 Å². The molecule has 0 radical (unpaired) electrons. The van der Waals surface area contributed by atoms with Gasteiger partial charge < -0.3 is 8.83 Å². The molecule has 0 fully saturated rings. The molecule has 0 spiro atoms. The zero-order chi connectivity index (χ0) is 16.3. The van der Waals surface area contributed by atoms with Crippen LogP contribution in [0.1, 0.15) is 51.1 Å². The summed E-state index contributed by atoms with van der Waals surface area (Å²) in [7, 11) is 0. The first kappa shape index (κ1) is 18.2. The van der Waals surface area contributed by atoms with E-state index >= 15 is 0 Å². The van der Waals surface area contributed by atoms with Gasteiger partial charge in [0.2, 0.25) is 0 Å². The topological polar surface area (TPSA) is 32.8 Å². The van der Waals surface area contributed by atoms with Crippen molar-refractivity contribution in [1.82, 2.24) is 8.61 Å². The number of rotatable bonds is 12. The van der Waals surface area contributed by atoms with E-state index in [0.717, 1.165) is 37.7 Å². The second-order valence-corrected chi connectivity index (χ2v) is 6.87. The van der Waals surface area contributed by atoms with E-state index in [4.69, 9.17) is 8.83 Å². The van der Waals surface area contributed by atoms with E-state index < -0.39 is 0 Å². The van der Waals surface area contributed by atoms with Crippen LogP contribution >= 0.6 is 12.1 Å². The average molecular weight is 337 g/mol. The molecule has 2 aromatic heterocycles. The molecule has 128 valence electrons. The summed E-state index contributed by atoms with van der Waals surface area (Å²) in [6.45, 7) is 8.26. The van der Waals surface area contributed by atoms with Crippen LogP contribution < -0.4 is 0 Å². The zero-order valence-electron chi connectivity index (χ0n) is 14.2. The van der Waals surface area contributed by atoms with Crippen molar-refractivity contribution in [1.29, 1.82) is 0 Å². The summed E-state index contributed by atoms with van der Waals surface area (Å²) in [4.78, 5) is 0. The van der Waals surface area contributed by atoms with Gasteiger partial charge in [0.05, 0.1) is 25.6 Å². The van der Waals surface area contributed by atoms with Gasteiger partial charge in [0.1, 0.15) is 11.5 Å². The zero-order valence-corrected chi connectivity index (χ0v) is 15.1. The van der Waals surface area contributed by atoms with Gasteiger partial charge in [0.25, 0.3) is 0 Å². The van der Waals surface area contributed by atoms with Crippen LogP contribution in [0, 0.1) is 0 Å². The fraction of sp³-hybridized carbons (Fsp3) is 0.556. The first-order chi connectivity index (χ1) is 11.3. The molecule has 0 bridgehead atoms. The van der Waals surface area contributed by atoms with Crippen LogP contribution in [-0.4, -0.2) is 21.7 Å². The maximum Gasteiger partial charge on any atom is 0.118 e. The Morgan fingerprint density at radius 3 is 1.74 bits per heavy atom. The summed E-state index contributed by atoms with van der Waals surface area (Å²) < 4.78 is 15.8. The van der Waals surface area contributed by atoms with Crippen molar-refractivity contribution in [3.63, 3.8) is 0 Å².